The third-order valence-corrected chi connectivity index (χ3v) is 6.35. The Kier molecular flexibility index (Phi) is 6.30. The number of hydrogen-bond acceptors (Lipinski definition) is 7. The van der Waals surface area contributed by atoms with Crippen LogP contribution in [0.3, 0.4) is 0 Å². The van der Waals surface area contributed by atoms with Crippen LogP contribution in [0.25, 0.3) is 11.1 Å². The van der Waals surface area contributed by atoms with Gasteiger partial charge in [-0.2, -0.15) is 10.1 Å². The third kappa shape index (κ3) is 5.15. The molecule has 4 aromatic rings. The smallest absolute Gasteiger partial charge is 0.293 e. The predicted molar refractivity (Wildman–Crippen MR) is 137 cm³/mol. The van der Waals surface area contributed by atoms with Crippen molar-refractivity contribution in [1.29, 1.82) is 0 Å². The lowest BCUT2D eigenvalue weighted by molar-refractivity contribution is 0.0921. The highest BCUT2D eigenvalue weighted by atomic mass is 16.5. The average Bonchev–Trinajstić information content (AvgIpc) is 3.46. The minimum Gasteiger partial charge on any atom is -0.342 e. The Morgan fingerprint density at radius 1 is 1.14 bits per heavy atom. The Morgan fingerprint density at radius 2 is 1.97 bits per heavy atom. The second kappa shape index (κ2) is 9.56. The van der Waals surface area contributed by atoms with Crippen LogP contribution in [-0.4, -0.2) is 30.8 Å². The zero-order valence-corrected chi connectivity index (χ0v) is 21.1. The Hall–Kier alpha value is -4.01. The first-order valence-corrected chi connectivity index (χ1v) is 12.3. The van der Waals surface area contributed by atoms with Gasteiger partial charge < -0.3 is 15.2 Å². The number of hydrogen-bond donors (Lipinski definition) is 2. The van der Waals surface area contributed by atoms with Gasteiger partial charge in [-0.3, -0.25) is 9.48 Å². The average molecular weight is 486 g/mol. The van der Waals surface area contributed by atoms with Gasteiger partial charge >= 0.3 is 0 Å². The molecule has 1 atom stereocenters. The zero-order valence-electron chi connectivity index (χ0n) is 21.1. The van der Waals surface area contributed by atoms with E-state index < -0.39 is 0 Å². The van der Waals surface area contributed by atoms with E-state index in [1.165, 1.54) is 5.56 Å². The highest BCUT2D eigenvalue weighted by Crippen LogP contribution is 2.33. The Balaban J connectivity index is 1.36. The molecule has 0 radical (unpaired) electrons. The molecule has 0 spiro atoms. The molecule has 1 aliphatic carbocycles. The van der Waals surface area contributed by atoms with Gasteiger partial charge in [-0.15, -0.1) is 0 Å². The number of pyridine rings is 1. The lowest BCUT2D eigenvalue weighted by Gasteiger charge is -2.19. The van der Waals surface area contributed by atoms with Crippen LogP contribution in [0.15, 0.2) is 53.4 Å². The van der Waals surface area contributed by atoms with Gasteiger partial charge in [0, 0.05) is 24.9 Å². The third-order valence-electron chi connectivity index (χ3n) is 6.35. The minimum absolute atomic E-state index is 0.0766. The fraction of sp³-hybridized carbons (Fsp3) is 0.370. The molecule has 1 aliphatic rings. The lowest BCUT2D eigenvalue weighted by Crippen LogP contribution is -2.29. The van der Waals surface area contributed by atoms with Crippen molar-refractivity contribution in [3.05, 3.63) is 71.8 Å². The highest BCUT2D eigenvalue weighted by molar-refractivity contribution is 5.90. The van der Waals surface area contributed by atoms with E-state index in [1.807, 2.05) is 46.1 Å². The number of nitrogens with zero attached hydrogens (tertiary/aromatic N) is 5. The second-order valence-electron chi connectivity index (χ2n) is 10.3. The number of amides is 1. The van der Waals surface area contributed by atoms with Crippen LogP contribution in [0.4, 0.5) is 11.5 Å². The van der Waals surface area contributed by atoms with Crippen molar-refractivity contribution in [1.82, 2.24) is 30.2 Å². The normalized spacial score (nSPS) is 15.7. The minimum atomic E-state index is -0.309. The van der Waals surface area contributed by atoms with E-state index >= 15 is 0 Å². The number of carbonyl (C=O) groups is 1. The predicted octanol–water partition coefficient (Wildman–Crippen LogP) is 5.10. The molecule has 9 heteroatoms. The molecule has 5 rings (SSSR count). The molecule has 0 unspecified atom stereocenters. The number of anilines is 2. The molecule has 186 valence electrons. The Labute approximate surface area is 210 Å². The van der Waals surface area contributed by atoms with Crippen LogP contribution in [0.2, 0.25) is 0 Å². The summed E-state index contributed by atoms with van der Waals surface area (Å²) in [5.41, 5.74) is 5.16. The number of benzene rings is 1. The maximum Gasteiger partial charge on any atom is 0.293 e. The van der Waals surface area contributed by atoms with Crippen molar-refractivity contribution < 1.29 is 9.32 Å². The van der Waals surface area contributed by atoms with E-state index in [2.05, 4.69) is 49.1 Å². The van der Waals surface area contributed by atoms with Crippen molar-refractivity contribution in [2.24, 2.45) is 7.05 Å². The van der Waals surface area contributed by atoms with Crippen LogP contribution in [0.1, 0.15) is 73.7 Å². The molecule has 9 nitrogen and oxygen atoms in total. The number of rotatable bonds is 5. The van der Waals surface area contributed by atoms with Gasteiger partial charge in [0.05, 0.1) is 17.9 Å². The molecule has 3 aromatic heterocycles. The molecule has 1 aromatic carbocycles. The SMILES string of the molecule is Cn1cc(Nc2cc(-c3ccc4c(c3)CCCC[C@H]4NC(=O)c3noc(C(C)(C)C)n3)ccn2)cn1. The summed E-state index contributed by atoms with van der Waals surface area (Å²) in [5.74, 6) is 0.979. The van der Waals surface area contributed by atoms with Gasteiger partial charge in [0.15, 0.2) is 0 Å². The number of nitrogens with one attached hydrogen (secondary N) is 2. The molecule has 0 saturated carbocycles. The quantitative estimate of drug-likeness (QED) is 0.378. The number of fused-ring (bicyclic) bond motifs is 1. The number of aromatic nitrogens is 5. The van der Waals surface area contributed by atoms with Crippen molar-refractivity contribution in [3.8, 4) is 11.1 Å². The van der Waals surface area contributed by atoms with Gasteiger partial charge in [-0.1, -0.05) is 50.5 Å². The van der Waals surface area contributed by atoms with Crippen LogP contribution in [0, 0.1) is 0 Å². The van der Waals surface area contributed by atoms with E-state index in [0.717, 1.165) is 53.9 Å². The van der Waals surface area contributed by atoms with E-state index in [1.54, 1.807) is 17.1 Å². The first kappa shape index (κ1) is 23.7. The zero-order chi connectivity index (χ0) is 25.3. The molecule has 0 aliphatic heterocycles. The lowest BCUT2D eigenvalue weighted by atomic mass is 9.94. The summed E-state index contributed by atoms with van der Waals surface area (Å²) in [5, 5.41) is 14.5. The molecular formula is C27H31N7O2. The van der Waals surface area contributed by atoms with Crippen LogP contribution >= 0.6 is 0 Å². The first-order chi connectivity index (χ1) is 17.3. The van der Waals surface area contributed by atoms with E-state index in [-0.39, 0.29) is 23.2 Å². The molecular weight excluding hydrogens is 454 g/mol. The van der Waals surface area contributed by atoms with Crippen LogP contribution < -0.4 is 10.6 Å². The largest absolute Gasteiger partial charge is 0.342 e. The van der Waals surface area contributed by atoms with E-state index in [0.29, 0.717) is 5.89 Å². The summed E-state index contributed by atoms with van der Waals surface area (Å²) in [6.45, 7) is 5.92. The van der Waals surface area contributed by atoms with Crippen molar-refractivity contribution in [3.63, 3.8) is 0 Å². The van der Waals surface area contributed by atoms with Crippen molar-refractivity contribution >= 4 is 17.4 Å². The monoisotopic (exact) mass is 485 g/mol. The van der Waals surface area contributed by atoms with E-state index in [4.69, 9.17) is 4.52 Å². The number of aryl methyl sites for hydroxylation is 2. The summed E-state index contributed by atoms with van der Waals surface area (Å²) < 4.78 is 7.06. The van der Waals surface area contributed by atoms with Gasteiger partial charge in [0.1, 0.15) is 5.82 Å². The van der Waals surface area contributed by atoms with E-state index in [9.17, 15) is 4.79 Å². The molecule has 1 amide bonds. The highest BCUT2D eigenvalue weighted by Gasteiger charge is 2.27. The molecule has 0 saturated heterocycles. The fourth-order valence-electron chi connectivity index (χ4n) is 4.47. The Bertz CT molecular complexity index is 1380. The van der Waals surface area contributed by atoms with Gasteiger partial charge in [-0.25, -0.2) is 4.98 Å². The molecule has 0 fully saturated rings. The molecule has 3 heterocycles. The summed E-state index contributed by atoms with van der Waals surface area (Å²) in [4.78, 5) is 21.7. The summed E-state index contributed by atoms with van der Waals surface area (Å²) >= 11 is 0. The second-order valence-corrected chi connectivity index (χ2v) is 10.3. The van der Waals surface area contributed by atoms with Gasteiger partial charge in [0.25, 0.3) is 11.7 Å². The standard InChI is InChI=1S/C27H31N7O2/c1-27(2,3)26-32-24(33-36-26)25(35)31-22-8-6-5-7-19-13-17(9-10-21(19)22)18-11-12-28-23(14-18)30-20-15-29-34(4)16-20/h9-16,22H,5-8H2,1-4H3,(H,28,30)(H,31,35)/t22-/m1/s1. The van der Waals surface area contributed by atoms with Crippen LogP contribution in [0.5, 0.6) is 0 Å². The summed E-state index contributed by atoms with van der Waals surface area (Å²) in [6.07, 6.45) is 9.42. The van der Waals surface area contributed by atoms with Gasteiger partial charge in [-0.05, 0) is 53.6 Å². The van der Waals surface area contributed by atoms with Crippen LogP contribution in [-0.2, 0) is 18.9 Å². The number of carbonyl (C=O) groups excluding carboxylic acids is 1. The molecule has 0 bridgehead atoms. The Morgan fingerprint density at radius 3 is 2.72 bits per heavy atom. The summed E-state index contributed by atoms with van der Waals surface area (Å²) in [7, 11) is 1.88. The summed E-state index contributed by atoms with van der Waals surface area (Å²) in [6, 6.07) is 10.4. The molecule has 2 N–H and O–H groups in total. The van der Waals surface area contributed by atoms with Gasteiger partial charge in [0.2, 0.25) is 5.89 Å². The fourth-order valence-corrected chi connectivity index (χ4v) is 4.47. The van der Waals surface area contributed by atoms with Crippen molar-refractivity contribution in [2.45, 2.75) is 57.9 Å². The molecule has 36 heavy (non-hydrogen) atoms. The maximum absolute atomic E-state index is 12.9. The van der Waals surface area contributed by atoms with Crippen molar-refractivity contribution in [2.75, 3.05) is 5.32 Å². The topological polar surface area (TPSA) is 111 Å². The first-order valence-electron chi connectivity index (χ1n) is 12.3. The maximum atomic E-state index is 12.9.